The fourth-order valence-electron chi connectivity index (χ4n) is 2.00. The van der Waals surface area contributed by atoms with E-state index >= 15 is 0 Å². The minimum absolute atomic E-state index is 0. The molecule has 2 N–H and O–H groups in total. The van der Waals surface area contributed by atoms with Crippen LogP contribution in [0.1, 0.15) is 20.3 Å². The molecule has 0 radical (unpaired) electrons. The molecule has 0 aromatic heterocycles. The zero-order valence-electron chi connectivity index (χ0n) is 9.06. The first kappa shape index (κ1) is 16.9. The molecule has 0 spiro atoms. The zero-order chi connectivity index (χ0) is 9.14. The fraction of sp³-hybridized carbons (Fsp3) is 1.00. The summed E-state index contributed by atoms with van der Waals surface area (Å²) >= 11 is 0. The van der Waals surface area contributed by atoms with Gasteiger partial charge in [0, 0.05) is 18.6 Å². The van der Waals surface area contributed by atoms with E-state index < -0.39 is 0 Å². The zero-order valence-corrected chi connectivity index (χ0v) is 10.7. The molecule has 14 heavy (non-hydrogen) atoms. The predicted octanol–water partition coefficient (Wildman–Crippen LogP) is 0.893. The maximum absolute atomic E-state index is 9.21. The van der Waals surface area contributed by atoms with Crippen LogP contribution in [-0.2, 0) is 0 Å². The Morgan fingerprint density at radius 3 is 2.43 bits per heavy atom. The van der Waals surface area contributed by atoms with E-state index in [1.165, 1.54) is 6.42 Å². The number of hydrogen-bond acceptors (Lipinski definition) is 3. The molecule has 1 heterocycles. The van der Waals surface area contributed by atoms with Gasteiger partial charge in [0.05, 0.1) is 6.10 Å². The second kappa shape index (κ2) is 7.71. The molecule has 0 aromatic carbocycles. The van der Waals surface area contributed by atoms with Gasteiger partial charge in [0.15, 0.2) is 0 Å². The van der Waals surface area contributed by atoms with Crippen molar-refractivity contribution in [2.45, 2.75) is 38.5 Å². The number of nitrogens with zero attached hydrogens (tertiary/aromatic N) is 1. The number of rotatable bonds is 3. The summed E-state index contributed by atoms with van der Waals surface area (Å²) in [7, 11) is 2.08. The van der Waals surface area contributed by atoms with Crippen LogP contribution in [0.4, 0.5) is 0 Å². The van der Waals surface area contributed by atoms with Gasteiger partial charge in [-0.2, -0.15) is 0 Å². The SMILES string of the molecule is C[C@@H]1NCC[C@@H]1N(C)C[C@@H](C)O.Cl.Cl. The van der Waals surface area contributed by atoms with Crippen molar-refractivity contribution in [3.63, 3.8) is 0 Å². The smallest absolute Gasteiger partial charge is 0.0639 e. The summed E-state index contributed by atoms with van der Waals surface area (Å²) in [6.45, 7) is 5.92. The van der Waals surface area contributed by atoms with Crippen molar-refractivity contribution in [1.29, 1.82) is 0 Å². The molecule has 1 aliphatic rings. The van der Waals surface area contributed by atoms with Crippen molar-refractivity contribution in [1.82, 2.24) is 10.2 Å². The Bertz CT molecular complexity index is 147. The summed E-state index contributed by atoms with van der Waals surface area (Å²) in [5.74, 6) is 0. The Kier molecular flexibility index (Phi) is 9.30. The second-order valence-corrected chi connectivity index (χ2v) is 3.89. The van der Waals surface area contributed by atoms with Crippen LogP contribution in [-0.4, -0.2) is 48.3 Å². The highest BCUT2D eigenvalue weighted by atomic mass is 35.5. The van der Waals surface area contributed by atoms with E-state index in [-0.39, 0.29) is 30.9 Å². The van der Waals surface area contributed by atoms with E-state index in [9.17, 15) is 5.11 Å². The second-order valence-electron chi connectivity index (χ2n) is 3.89. The van der Waals surface area contributed by atoms with Crippen molar-refractivity contribution < 1.29 is 5.11 Å². The van der Waals surface area contributed by atoms with Crippen LogP contribution >= 0.6 is 24.8 Å². The molecule has 0 unspecified atom stereocenters. The highest BCUT2D eigenvalue weighted by Gasteiger charge is 2.26. The van der Waals surface area contributed by atoms with Gasteiger partial charge in [-0.1, -0.05) is 0 Å². The van der Waals surface area contributed by atoms with Gasteiger partial charge in [-0.15, -0.1) is 24.8 Å². The number of aliphatic hydroxyl groups is 1. The quantitative estimate of drug-likeness (QED) is 0.775. The maximum atomic E-state index is 9.21. The third kappa shape index (κ3) is 4.80. The molecule has 0 aliphatic carbocycles. The van der Waals surface area contributed by atoms with Crippen LogP contribution in [0.25, 0.3) is 0 Å². The number of halogens is 2. The maximum Gasteiger partial charge on any atom is 0.0639 e. The van der Waals surface area contributed by atoms with E-state index in [2.05, 4.69) is 24.2 Å². The minimum atomic E-state index is -0.220. The average Bonchev–Trinajstić information content (AvgIpc) is 2.33. The minimum Gasteiger partial charge on any atom is -0.392 e. The number of nitrogens with one attached hydrogen (secondary N) is 1. The molecular formula is C9H22Cl2N2O. The van der Waals surface area contributed by atoms with Crippen molar-refractivity contribution in [2.75, 3.05) is 20.1 Å². The van der Waals surface area contributed by atoms with Gasteiger partial charge in [0.2, 0.25) is 0 Å². The van der Waals surface area contributed by atoms with E-state index in [1.54, 1.807) is 0 Å². The van der Waals surface area contributed by atoms with Crippen LogP contribution in [0, 0.1) is 0 Å². The lowest BCUT2D eigenvalue weighted by Gasteiger charge is -2.28. The summed E-state index contributed by atoms with van der Waals surface area (Å²) < 4.78 is 0. The van der Waals surface area contributed by atoms with Crippen LogP contribution < -0.4 is 5.32 Å². The molecule has 1 saturated heterocycles. The van der Waals surface area contributed by atoms with Gasteiger partial charge in [-0.25, -0.2) is 0 Å². The lowest BCUT2D eigenvalue weighted by Crippen LogP contribution is -2.42. The molecule has 0 amide bonds. The van der Waals surface area contributed by atoms with Crippen LogP contribution in [0.5, 0.6) is 0 Å². The molecule has 0 aromatic rings. The van der Waals surface area contributed by atoms with Crippen LogP contribution in [0.2, 0.25) is 0 Å². The lowest BCUT2D eigenvalue weighted by molar-refractivity contribution is 0.114. The highest BCUT2D eigenvalue weighted by molar-refractivity contribution is 5.85. The summed E-state index contributed by atoms with van der Waals surface area (Å²) in [6.07, 6.45) is 0.979. The molecule has 88 valence electrons. The fourth-order valence-corrected chi connectivity index (χ4v) is 2.00. The first-order valence-electron chi connectivity index (χ1n) is 4.73. The number of aliphatic hydroxyl groups excluding tert-OH is 1. The van der Waals surface area contributed by atoms with Crippen LogP contribution in [0.15, 0.2) is 0 Å². The normalized spacial score (nSPS) is 28.1. The van der Waals surface area contributed by atoms with Gasteiger partial charge in [-0.05, 0) is 33.9 Å². The molecular weight excluding hydrogens is 223 g/mol. The van der Waals surface area contributed by atoms with Gasteiger partial charge >= 0.3 is 0 Å². The molecule has 1 rings (SSSR count). The Morgan fingerprint density at radius 2 is 2.07 bits per heavy atom. The summed E-state index contributed by atoms with van der Waals surface area (Å²) in [5.41, 5.74) is 0. The molecule has 5 heteroatoms. The standard InChI is InChI=1S/C9H20N2O.2ClH/c1-7(12)6-11(3)9-4-5-10-8(9)2;;/h7-10,12H,4-6H2,1-3H3;2*1H/t7-,8+,9+;;/m1../s1. The number of likely N-dealkylation sites (N-methyl/N-ethyl adjacent to an activating group) is 1. The third-order valence-electron chi connectivity index (χ3n) is 2.60. The third-order valence-corrected chi connectivity index (χ3v) is 2.60. The molecule has 3 nitrogen and oxygen atoms in total. The predicted molar refractivity (Wildman–Crippen MR) is 64.7 cm³/mol. The van der Waals surface area contributed by atoms with Gasteiger partial charge < -0.3 is 10.4 Å². The molecule has 3 atom stereocenters. The van der Waals surface area contributed by atoms with E-state index in [4.69, 9.17) is 0 Å². The highest BCUT2D eigenvalue weighted by Crippen LogP contribution is 2.12. The summed E-state index contributed by atoms with van der Waals surface area (Å²) in [5, 5.41) is 12.6. The largest absolute Gasteiger partial charge is 0.392 e. The van der Waals surface area contributed by atoms with Gasteiger partial charge in [-0.3, -0.25) is 4.90 Å². The van der Waals surface area contributed by atoms with E-state index in [0.29, 0.717) is 12.1 Å². The molecule has 1 fully saturated rings. The lowest BCUT2D eigenvalue weighted by atomic mass is 10.1. The average molecular weight is 245 g/mol. The summed E-state index contributed by atoms with van der Waals surface area (Å²) in [6, 6.07) is 1.16. The first-order chi connectivity index (χ1) is 5.61. The van der Waals surface area contributed by atoms with Gasteiger partial charge in [0.25, 0.3) is 0 Å². The van der Waals surface area contributed by atoms with Gasteiger partial charge in [0.1, 0.15) is 0 Å². The van der Waals surface area contributed by atoms with Crippen molar-refractivity contribution >= 4 is 24.8 Å². The van der Waals surface area contributed by atoms with Crippen molar-refractivity contribution in [3.05, 3.63) is 0 Å². The van der Waals surface area contributed by atoms with Crippen molar-refractivity contribution in [2.24, 2.45) is 0 Å². The van der Waals surface area contributed by atoms with E-state index in [1.807, 2.05) is 6.92 Å². The molecule has 0 bridgehead atoms. The number of hydrogen-bond donors (Lipinski definition) is 2. The molecule has 1 aliphatic heterocycles. The van der Waals surface area contributed by atoms with Crippen LogP contribution in [0.3, 0.4) is 0 Å². The summed E-state index contributed by atoms with van der Waals surface area (Å²) in [4.78, 5) is 2.25. The monoisotopic (exact) mass is 244 g/mol. The Morgan fingerprint density at radius 1 is 1.50 bits per heavy atom. The first-order valence-corrected chi connectivity index (χ1v) is 4.73. The topological polar surface area (TPSA) is 35.5 Å². The Balaban J connectivity index is 0. The van der Waals surface area contributed by atoms with Crippen molar-refractivity contribution in [3.8, 4) is 0 Å². The van der Waals surface area contributed by atoms with E-state index in [0.717, 1.165) is 13.1 Å². The molecule has 0 saturated carbocycles. The Labute approximate surface area is 99.1 Å². The Hall–Kier alpha value is 0.460.